The second-order valence-corrected chi connectivity index (χ2v) is 5.66. The molecule has 5 nitrogen and oxygen atoms in total. The van der Waals surface area contributed by atoms with Crippen LogP contribution in [0.15, 0.2) is 42.5 Å². The lowest BCUT2D eigenvalue weighted by molar-refractivity contribution is 0.237. The summed E-state index contributed by atoms with van der Waals surface area (Å²) >= 11 is 6.08. The molecule has 0 aromatic heterocycles. The minimum absolute atomic E-state index is 0.249. The zero-order valence-electron chi connectivity index (χ0n) is 13.9. The Morgan fingerprint density at radius 2 is 1.92 bits per heavy atom. The number of nitrogens with one attached hydrogen (secondary N) is 2. The highest BCUT2D eigenvalue weighted by Gasteiger charge is 2.15. The van der Waals surface area contributed by atoms with E-state index in [1.54, 1.807) is 20.3 Å². The van der Waals surface area contributed by atoms with Crippen LogP contribution in [0.25, 0.3) is 0 Å². The summed E-state index contributed by atoms with van der Waals surface area (Å²) in [5.74, 6) is 1.39. The van der Waals surface area contributed by atoms with E-state index in [-0.39, 0.29) is 12.1 Å². The highest BCUT2D eigenvalue weighted by molar-refractivity contribution is 6.31. The highest BCUT2D eigenvalue weighted by atomic mass is 35.5. The molecule has 6 heteroatoms. The van der Waals surface area contributed by atoms with Gasteiger partial charge in [-0.25, -0.2) is 4.79 Å². The molecule has 24 heavy (non-hydrogen) atoms. The molecule has 1 unspecified atom stereocenters. The Kier molecular flexibility index (Phi) is 6.32. The average molecular weight is 349 g/mol. The molecule has 0 aliphatic rings. The number of carbonyl (C=O) groups is 1. The number of halogens is 1. The van der Waals surface area contributed by atoms with Crippen LogP contribution >= 0.6 is 11.6 Å². The Morgan fingerprint density at radius 3 is 2.58 bits per heavy atom. The molecule has 0 bridgehead atoms. The van der Waals surface area contributed by atoms with Gasteiger partial charge in [-0.1, -0.05) is 29.8 Å². The molecule has 2 aromatic rings. The van der Waals surface area contributed by atoms with Crippen LogP contribution in [-0.4, -0.2) is 20.3 Å². The van der Waals surface area contributed by atoms with Gasteiger partial charge in [0.05, 0.1) is 20.3 Å². The van der Waals surface area contributed by atoms with Crippen molar-refractivity contribution in [2.75, 3.05) is 14.2 Å². The van der Waals surface area contributed by atoms with Crippen molar-refractivity contribution in [2.24, 2.45) is 0 Å². The van der Waals surface area contributed by atoms with E-state index < -0.39 is 0 Å². The van der Waals surface area contributed by atoms with Gasteiger partial charge < -0.3 is 20.1 Å². The first-order valence-electron chi connectivity index (χ1n) is 7.55. The van der Waals surface area contributed by atoms with Gasteiger partial charge in [0, 0.05) is 17.1 Å². The maximum absolute atomic E-state index is 12.1. The summed E-state index contributed by atoms with van der Waals surface area (Å²) in [6, 6.07) is 12.3. The summed E-state index contributed by atoms with van der Waals surface area (Å²) < 4.78 is 10.6. The van der Waals surface area contributed by atoms with E-state index in [1.807, 2.05) is 43.3 Å². The Labute approximate surface area is 146 Å². The first kappa shape index (κ1) is 17.9. The molecule has 2 N–H and O–H groups in total. The van der Waals surface area contributed by atoms with Crippen LogP contribution in [-0.2, 0) is 6.54 Å². The predicted molar refractivity (Wildman–Crippen MR) is 94.8 cm³/mol. The molecule has 0 fully saturated rings. The number of methoxy groups -OCH3 is 2. The van der Waals surface area contributed by atoms with E-state index in [0.717, 1.165) is 11.1 Å². The van der Waals surface area contributed by atoms with Crippen molar-refractivity contribution in [1.82, 2.24) is 10.6 Å². The van der Waals surface area contributed by atoms with E-state index in [2.05, 4.69) is 10.6 Å². The Hall–Kier alpha value is -2.40. The molecule has 0 radical (unpaired) electrons. The van der Waals surface area contributed by atoms with Gasteiger partial charge in [0.1, 0.15) is 11.5 Å². The average Bonchev–Trinajstić information content (AvgIpc) is 2.60. The van der Waals surface area contributed by atoms with Crippen molar-refractivity contribution in [2.45, 2.75) is 19.5 Å². The molecule has 0 spiro atoms. The van der Waals surface area contributed by atoms with E-state index in [4.69, 9.17) is 21.1 Å². The van der Waals surface area contributed by atoms with E-state index in [1.165, 1.54) is 0 Å². The third-order valence-corrected chi connectivity index (χ3v) is 4.02. The van der Waals surface area contributed by atoms with Crippen LogP contribution in [0.3, 0.4) is 0 Å². The predicted octanol–water partition coefficient (Wildman–Crippen LogP) is 3.92. The number of urea groups is 1. The molecule has 128 valence electrons. The molecular weight excluding hydrogens is 328 g/mol. The van der Waals surface area contributed by atoms with Gasteiger partial charge in [-0.05, 0) is 36.8 Å². The summed E-state index contributed by atoms with van der Waals surface area (Å²) in [5, 5.41) is 6.31. The van der Waals surface area contributed by atoms with Gasteiger partial charge in [-0.15, -0.1) is 0 Å². The first-order chi connectivity index (χ1) is 11.5. The third-order valence-electron chi connectivity index (χ3n) is 3.65. The molecule has 1 atom stereocenters. The first-order valence-corrected chi connectivity index (χ1v) is 7.92. The second-order valence-electron chi connectivity index (χ2n) is 5.25. The van der Waals surface area contributed by atoms with Crippen LogP contribution < -0.4 is 20.1 Å². The lowest BCUT2D eigenvalue weighted by Crippen LogP contribution is -2.36. The summed E-state index contributed by atoms with van der Waals surface area (Å²) in [4.78, 5) is 12.1. The fourth-order valence-corrected chi connectivity index (χ4v) is 2.52. The summed E-state index contributed by atoms with van der Waals surface area (Å²) in [7, 11) is 3.19. The van der Waals surface area contributed by atoms with E-state index >= 15 is 0 Å². The lowest BCUT2D eigenvalue weighted by atomic mass is 10.1. The zero-order chi connectivity index (χ0) is 17.5. The van der Waals surface area contributed by atoms with E-state index in [0.29, 0.717) is 23.1 Å². The SMILES string of the molecule is COc1ccc(OC)c(C(C)NC(=O)NCc2ccccc2Cl)c1. The van der Waals surface area contributed by atoms with Crippen molar-refractivity contribution in [3.63, 3.8) is 0 Å². The normalized spacial score (nSPS) is 11.5. The Morgan fingerprint density at radius 1 is 1.17 bits per heavy atom. The number of hydrogen-bond donors (Lipinski definition) is 2. The fourth-order valence-electron chi connectivity index (χ4n) is 2.32. The number of carbonyl (C=O) groups excluding carboxylic acids is 1. The molecule has 0 heterocycles. The largest absolute Gasteiger partial charge is 0.497 e. The van der Waals surface area contributed by atoms with E-state index in [9.17, 15) is 4.79 Å². The minimum Gasteiger partial charge on any atom is -0.497 e. The van der Waals surface area contributed by atoms with Crippen molar-refractivity contribution < 1.29 is 14.3 Å². The molecule has 0 saturated heterocycles. The standard InChI is InChI=1S/C18H21ClN2O3/c1-12(15-10-14(23-2)8-9-17(15)24-3)21-18(22)20-11-13-6-4-5-7-16(13)19/h4-10,12H,11H2,1-3H3,(H2,20,21,22). The fraction of sp³-hybridized carbons (Fsp3) is 0.278. The van der Waals surface area contributed by atoms with Gasteiger partial charge in [-0.2, -0.15) is 0 Å². The van der Waals surface area contributed by atoms with Crippen LogP contribution in [0.4, 0.5) is 4.79 Å². The molecular formula is C18H21ClN2O3. The molecule has 0 aliphatic heterocycles. The number of benzene rings is 2. The molecule has 2 rings (SSSR count). The quantitative estimate of drug-likeness (QED) is 0.831. The summed E-state index contributed by atoms with van der Waals surface area (Å²) in [6.07, 6.45) is 0. The smallest absolute Gasteiger partial charge is 0.315 e. The second kappa shape index (κ2) is 8.45. The number of amides is 2. The third kappa shape index (κ3) is 4.55. The zero-order valence-corrected chi connectivity index (χ0v) is 14.7. The topological polar surface area (TPSA) is 59.6 Å². The maximum atomic E-state index is 12.1. The highest BCUT2D eigenvalue weighted by Crippen LogP contribution is 2.29. The number of hydrogen-bond acceptors (Lipinski definition) is 3. The number of rotatable bonds is 6. The van der Waals surface area contributed by atoms with Gasteiger partial charge >= 0.3 is 6.03 Å². The Bertz CT molecular complexity index is 706. The molecule has 2 aromatic carbocycles. The van der Waals surface area contributed by atoms with Crippen LogP contribution in [0.5, 0.6) is 11.5 Å². The lowest BCUT2D eigenvalue weighted by Gasteiger charge is -2.18. The molecule has 2 amide bonds. The van der Waals surface area contributed by atoms with Gasteiger partial charge in [-0.3, -0.25) is 0 Å². The van der Waals surface area contributed by atoms with Crippen LogP contribution in [0.2, 0.25) is 5.02 Å². The monoisotopic (exact) mass is 348 g/mol. The van der Waals surface area contributed by atoms with Gasteiger partial charge in [0.25, 0.3) is 0 Å². The van der Waals surface area contributed by atoms with Crippen molar-refractivity contribution in [3.05, 3.63) is 58.6 Å². The summed E-state index contributed by atoms with van der Waals surface area (Å²) in [6.45, 7) is 2.24. The van der Waals surface area contributed by atoms with Crippen molar-refractivity contribution >= 4 is 17.6 Å². The van der Waals surface area contributed by atoms with Gasteiger partial charge in [0.2, 0.25) is 0 Å². The van der Waals surface area contributed by atoms with Crippen molar-refractivity contribution in [1.29, 1.82) is 0 Å². The molecule has 0 aliphatic carbocycles. The van der Waals surface area contributed by atoms with Crippen molar-refractivity contribution in [3.8, 4) is 11.5 Å². The van der Waals surface area contributed by atoms with Crippen LogP contribution in [0.1, 0.15) is 24.1 Å². The Balaban J connectivity index is 2.00. The van der Waals surface area contributed by atoms with Crippen LogP contribution in [0, 0.1) is 0 Å². The van der Waals surface area contributed by atoms with Gasteiger partial charge in [0.15, 0.2) is 0 Å². The summed E-state index contributed by atoms with van der Waals surface area (Å²) in [5.41, 5.74) is 1.70. The maximum Gasteiger partial charge on any atom is 0.315 e. The minimum atomic E-state index is -0.285. The number of ether oxygens (including phenoxy) is 2. The molecule has 0 saturated carbocycles.